The van der Waals surface area contributed by atoms with Crippen LogP contribution in [-0.2, 0) is 17.6 Å². The van der Waals surface area contributed by atoms with Crippen LogP contribution in [-0.4, -0.2) is 39.7 Å². The summed E-state index contributed by atoms with van der Waals surface area (Å²) in [5, 5.41) is 3.76. The molecule has 0 aromatic carbocycles. The lowest BCUT2D eigenvalue weighted by Gasteiger charge is -2.38. The maximum Gasteiger partial charge on any atom is 0.133 e. The highest BCUT2D eigenvalue weighted by Gasteiger charge is 2.40. The lowest BCUT2D eigenvalue weighted by Crippen LogP contribution is -2.44. The standard InChI is InChI=1S/C17H25N3OS/c1-12-18-15-5-3-2-4-14(15)16(19-12)20-13-6-8-21-17(10-13)7-9-22-11-17/h13H,2-11H2,1H3,(H,18,19,20). The van der Waals surface area contributed by atoms with E-state index in [1.54, 1.807) is 0 Å². The number of nitrogens with zero attached hydrogens (tertiary/aromatic N) is 2. The fourth-order valence-electron chi connectivity index (χ4n) is 4.04. The van der Waals surface area contributed by atoms with E-state index in [-0.39, 0.29) is 5.60 Å². The highest BCUT2D eigenvalue weighted by molar-refractivity contribution is 7.99. The van der Waals surface area contributed by atoms with Crippen molar-refractivity contribution >= 4 is 17.6 Å². The first-order chi connectivity index (χ1) is 10.7. The molecule has 2 unspecified atom stereocenters. The fraction of sp³-hybridized carbons (Fsp3) is 0.765. The maximum absolute atomic E-state index is 6.14. The van der Waals surface area contributed by atoms with Gasteiger partial charge in [0, 0.05) is 29.7 Å². The molecule has 0 amide bonds. The minimum absolute atomic E-state index is 0.128. The van der Waals surface area contributed by atoms with E-state index in [0.29, 0.717) is 6.04 Å². The topological polar surface area (TPSA) is 47.0 Å². The zero-order valence-electron chi connectivity index (χ0n) is 13.4. The Labute approximate surface area is 136 Å². The van der Waals surface area contributed by atoms with Crippen molar-refractivity contribution in [2.24, 2.45) is 0 Å². The number of aryl methyl sites for hydroxylation is 2. The molecule has 1 N–H and O–H groups in total. The molecule has 3 heterocycles. The highest BCUT2D eigenvalue weighted by Crippen LogP contribution is 2.39. The van der Waals surface area contributed by atoms with Crippen LogP contribution in [0.25, 0.3) is 0 Å². The van der Waals surface area contributed by atoms with Crippen molar-refractivity contribution in [1.82, 2.24) is 9.97 Å². The number of ether oxygens (including phenoxy) is 1. The molecular weight excluding hydrogens is 294 g/mol. The number of anilines is 1. The first kappa shape index (κ1) is 14.8. The fourth-order valence-corrected chi connectivity index (χ4v) is 5.42. The van der Waals surface area contributed by atoms with Crippen LogP contribution in [0.3, 0.4) is 0 Å². The summed E-state index contributed by atoms with van der Waals surface area (Å²) in [5.74, 6) is 4.41. The predicted octanol–water partition coefficient (Wildman–Crippen LogP) is 3.13. The number of nitrogens with one attached hydrogen (secondary N) is 1. The van der Waals surface area contributed by atoms with Crippen LogP contribution < -0.4 is 5.32 Å². The molecule has 2 saturated heterocycles. The Bertz CT molecular complexity index is 557. The molecule has 1 aromatic rings. The number of hydrogen-bond donors (Lipinski definition) is 1. The third-order valence-corrected chi connectivity index (χ3v) is 6.42. The molecule has 22 heavy (non-hydrogen) atoms. The van der Waals surface area contributed by atoms with Gasteiger partial charge in [0.2, 0.25) is 0 Å². The largest absolute Gasteiger partial charge is 0.374 e. The van der Waals surface area contributed by atoms with Gasteiger partial charge in [-0.05, 0) is 57.6 Å². The van der Waals surface area contributed by atoms with Crippen molar-refractivity contribution in [2.75, 3.05) is 23.4 Å². The second-order valence-electron chi connectivity index (χ2n) is 6.92. The maximum atomic E-state index is 6.14. The van der Waals surface area contributed by atoms with Gasteiger partial charge in [0.1, 0.15) is 11.6 Å². The van der Waals surface area contributed by atoms with Gasteiger partial charge in [0.15, 0.2) is 0 Å². The second-order valence-corrected chi connectivity index (χ2v) is 8.03. The van der Waals surface area contributed by atoms with Crippen LogP contribution in [0.4, 0.5) is 5.82 Å². The second kappa shape index (κ2) is 6.00. The molecule has 5 heteroatoms. The summed E-state index contributed by atoms with van der Waals surface area (Å²) in [6.45, 7) is 2.89. The van der Waals surface area contributed by atoms with Crippen molar-refractivity contribution in [3.05, 3.63) is 17.1 Å². The van der Waals surface area contributed by atoms with E-state index in [4.69, 9.17) is 9.72 Å². The van der Waals surface area contributed by atoms with E-state index in [2.05, 4.69) is 10.3 Å². The molecule has 0 saturated carbocycles. The van der Waals surface area contributed by atoms with Gasteiger partial charge < -0.3 is 10.1 Å². The Morgan fingerprint density at radius 1 is 1.27 bits per heavy atom. The lowest BCUT2D eigenvalue weighted by molar-refractivity contribution is -0.0628. The Hall–Kier alpha value is -0.810. The molecule has 120 valence electrons. The summed E-state index contributed by atoms with van der Waals surface area (Å²) in [7, 11) is 0. The summed E-state index contributed by atoms with van der Waals surface area (Å²) in [6.07, 6.45) is 8.19. The van der Waals surface area contributed by atoms with Crippen LogP contribution in [0.2, 0.25) is 0 Å². The quantitative estimate of drug-likeness (QED) is 0.907. The van der Waals surface area contributed by atoms with Crippen LogP contribution in [0, 0.1) is 6.92 Å². The minimum Gasteiger partial charge on any atom is -0.374 e. The first-order valence-electron chi connectivity index (χ1n) is 8.59. The molecule has 1 spiro atoms. The van der Waals surface area contributed by atoms with E-state index in [1.807, 2.05) is 18.7 Å². The Kier molecular flexibility index (Phi) is 4.03. The average molecular weight is 319 g/mol. The molecular formula is C17H25N3OS. The zero-order chi connectivity index (χ0) is 15.0. The summed E-state index contributed by atoms with van der Waals surface area (Å²) < 4.78 is 6.14. The van der Waals surface area contributed by atoms with Crippen molar-refractivity contribution in [2.45, 2.75) is 63.5 Å². The van der Waals surface area contributed by atoms with E-state index < -0.39 is 0 Å². The van der Waals surface area contributed by atoms with Crippen molar-refractivity contribution in [1.29, 1.82) is 0 Å². The minimum atomic E-state index is 0.128. The van der Waals surface area contributed by atoms with Gasteiger partial charge in [-0.1, -0.05) is 0 Å². The molecule has 4 nitrogen and oxygen atoms in total. The Balaban J connectivity index is 1.54. The number of thioether (sulfide) groups is 1. The molecule has 4 rings (SSSR count). The van der Waals surface area contributed by atoms with Gasteiger partial charge in [0.05, 0.1) is 5.60 Å². The van der Waals surface area contributed by atoms with Gasteiger partial charge in [-0.3, -0.25) is 0 Å². The molecule has 3 aliphatic rings. The van der Waals surface area contributed by atoms with E-state index >= 15 is 0 Å². The highest BCUT2D eigenvalue weighted by atomic mass is 32.2. The number of rotatable bonds is 2. The molecule has 2 fully saturated rings. The molecule has 0 radical (unpaired) electrons. The lowest BCUT2D eigenvalue weighted by atomic mass is 9.89. The van der Waals surface area contributed by atoms with Gasteiger partial charge in [-0.25, -0.2) is 9.97 Å². The zero-order valence-corrected chi connectivity index (χ0v) is 14.2. The van der Waals surface area contributed by atoms with E-state index in [9.17, 15) is 0 Å². The van der Waals surface area contributed by atoms with Crippen LogP contribution >= 0.6 is 11.8 Å². The van der Waals surface area contributed by atoms with Crippen LogP contribution in [0.15, 0.2) is 0 Å². The van der Waals surface area contributed by atoms with Crippen molar-refractivity contribution in [3.8, 4) is 0 Å². The molecule has 0 bridgehead atoms. The number of hydrogen-bond acceptors (Lipinski definition) is 5. The smallest absolute Gasteiger partial charge is 0.133 e. The van der Waals surface area contributed by atoms with Gasteiger partial charge in [0.25, 0.3) is 0 Å². The number of fused-ring (bicyclic) bond motifs is 1. The molecule has 1 aromatic heterocycles. The molecule has 1 aliphatic carbocycles. The summed E-state index contributed by atoms with van der Waals surface area (Å²) in [4.78, 5) is 9.39. The Morgan fingerprint density at radius 3 is 3.05 bits per heavy atom. The third kappa shape index (κ3) is 2.85. The average Bonchev–Trinajstić information content (AvgIpc) is 2.95. The first-order valence-corrected chi connectivity index (χ1v) is 9.74. The number of aromatic nitrogens is 2. The van der Waals surface area contributed by atoms with Crippen molar-refractivity contribution < 1.29 is 4.74 Å². The molecule has 2 atom stereocenters. The van der Waals surface area contributed by atoms with Gasteiger partial charge in [-0.2, -0.15) is 11.8 Å². The third-order valence-electron chi connectivity index (χ3n) is 5.20. The monoisotopic (exact) mass is 319 g/mol. The predicted molar refractivity (Wildman–Crippen MR) is 90.7 cm³/mol. The van der Waals surface area contributed by atoms with Crippen LogP contribution in [0.5, 0.6) is 0 Å². The van der Waals surface area contributed by atoms with Gasteiger partial charge in [-0.15, -0.1) is 0 Å². The summed E-state index contributed by atoms with van der Waals surface area (Å²) in [5.41, 5.74) is 2.78. The molecule has 2 aliphatic heterocycles. The van der Waals surface area contributed by atoms with E-state index in [1.165, 1.54) is 36.3 Å². The summed E-state index contributed by atoms with van der Waals surface area (Å²) >= 11 is 2.03. The Morgan fingerprint density at radius 2 is 2.18 bits per heavy atom. The van der Waals surface area contributed by atoms with Crippen molar-refractivity contribution in [3.63, 3.8) is 0 Å². The van der Waals surface area contributed by atoms with Gasteiger partial charge >= 0.3 is 0 Å². The normalized spacial score (nSPS) is 31.2. The van der Waals surface area contributed by atoms with E-state index in [0.717, 1.165) is 49.7 Å². The SMILES string of the molecule is Cc1nc2c(c(NC3CCOC4(CCSC4)C3)n1)CCCC2. The van der Waals surface area contributed by atoms with Crippen LogP contribution in [0.1, 0.15) is 49.2 Å². The summed E-state index contributed by atoms with van der Waals surface area (Å²) in [6, 6.07) is 0.493.